The van der Waals surface area contributed by atoms with Crippen LogP contribution in [0, 0.1) is 11.5 Å². The van der Waals surface area contributed by atoms with Crippen LogP contribution in [-0.2, 0) is 12.7 Å². The number of nitrogens with zero attached hydrogens (tertiary/aromatic N) is 3. The molecule has 0 saturated heterocycles. The third kappa shape index (κ3) is 6.14. The topological polar surface area (TPSA) is 114 Å². The first-order valence-corrected chi connectivity index (χ1v) is 11.7. The van der Waals surface area contributed by atoms with Gasteiger partial charge in [-0.1, -0.05) is 18.2 Å². The summed E-state index contributed by atoms with van der Waals surface area (Å²) < 4.78 is 40.5. The maximum absolute atomic E-state index is 13.5. The zero-order valence-corrected chi connectivity index (χ0v) is 20.2. The minimum Gasteiger partial charge on any atom is -0.380 e. The second-order valence-electron chi connectivity index (χ2n) is 7.69. The van der Waals surface area contributed by atoms with Crippen molar-refractivity contribution in [2.24, 2.45) is 4.99 Å². The molecule has 2 heterocycles. The quantitative estimate of drug-likeness (QED) is 0.112. The van der Waals surface area contributed by atoms with Crippen LogP contribution in [0.15, 0.2) is 71.2 Å². The first kappa shape index (κ1) is 25.5. The van der Waals surface area contributed by atoms with E-state index in [4.69, 9.17) is 5.26 Å². The molecular formula is C25H20F3N7OS. The number of guanidine groups is 1. The summed E-state index contributed by atoms with van der Waals surface area (Å²) in [6.45, 7) is 0.419. The first-order valence-electron chi connectivity index (χ1n) is 10.8. The van der Waals surface area contributed by atoms with Gasteiger partial charge in [0, 0.05) is 36.6 Å². The predicted molar refractivity (Wildman–Crippen MR) is 139 cm³/mol. The molecule has 0 aliphatic rings. The van der Waals surface area contributed by atoms with E-state index < -0.39 is 17.6 Å². The van der Waals surface area contributed by atoms with E-state index in [9.17, 15) is 18.0 Å². The number of hydrogen-bond donors (Lipinski definition) is 4. The van der Waals surface area contributed by atoms with Gasteiger partial charge in [0.15, 0.2) is 6.19 Å². The number of anilines is 3. The number of nitrogens with one attached hydrogen (secondary N) is 4. The number of hydrogen-bond acceptors (Lipinski definition) is 6. The number of thiophene rings is 1. The molecule has 0 radical (unpaired) electrons. The predicted octanol–water partition coefficient (Wildman–Crippen LogP) is 5.65. The van der Waals surface area contributed by atoms with Crippen molar-refractivity contribution in [3.63, 3.8) is 0 Å². The summed E-state index contributed by atoms with van der Waals surface area (Å²) in [6.07, 6.45) is -1.31. The molecule has 8 nitrogen and oxygen atoms in total. The number of halogens is 3. The van der Waals surface area contributed by atoms with Crippen LogP contribution in [0.1, 0.15) is 20.8 Å². The number of benzene rings is 2. The minimum atomic E-state index is -4.66. The molecule has 1 amide bonds. The van der Waals surface area contributed by atoms with E-state index in [1.807, 2.05) is 30.3 Å². The van der Waals surface area contributed by atoms with Crippen molar-refractivity contribution in [3.05, 3.63) is 82.2 Å². The van der Waals surface area contributed by atoms with Crippen LogP contribution < -0.4 is 21.3 Å². The molecule has 0 aliphatic carbocycles. The summed E-state index contributed by atoms with van der Waals surface area (Å²) in [7, 11) is 1.36. The van der Waals surface area contributed by atoms with E-state index in [-0.39, 0.29) is 17.3 Å². The summed E-state index contributed by atoms with van der Waals surface area (Å²) in [4.78, 5) is 21.5. The number of nitriles is 1. The highest BCUT2D eigenvalue weighted by Crippen LogP contribution is 2.34. The van der Waals surface area contributed by atoms with Gasteiger partial charge in [0.25, 0.3) is 5.91 Å². The smallest absolute Gasteiger partial charge is 0.380 e. The number of fused-ring (bicyclic) bond motifs is 1. The molecule has 4 aromatic rings. The van der Waals surface area contributed by atoms with Gasteiger partial charge >= 0.3 is 6.18 Å². The monoisotopic (exact) mass is 523 g/mol. The highest BCUT2D eigenvalue weighted by Gasteiger charge is 2.31. The van der Waals surface area contributed by atoms with Crippen molar-refractivity contribution < 1.29 is 18.0 Å². The van der Waals surface area contributed by atoms with Gasteiger partial charge in [-0.2, -0.15) is 18.4 Å². The number of pyridine rings is 1. The standard InChI is InChI=1S/C25H20F3N7OS/c1-30-24(33-14-29)35-18-11-16(25(26,27)28)10-17(12-18)34-23(36)22-21(7-9-37-22)32-13-15-6-8-31-20-5-3-2-4-19(15)20/h2-12,32H,13H2,1H3,(H,34,36)(H2,30,33,35). The van der Waals surface area contributed by atoms with Gasteiger partial charge in [-0.15, -0.1) is 11.3 Å². The van der Waals surface area contributed by atoms with Crippen molar-refractivity contribution >= 4 is 51.2 Å². The van der Waals surface area contributed by atoms with Crippen LogP contribution in [0.25, 0.3) is 10.9 Å². The Labute approximate surface area is 213 Å². The van der Waals surface area contributed by atoms with Crippen LogP contribution in [0.5, 0.6) is 0 Å². The van der Waals surface area contributed by atoms with Crippen molar-refractivity contribution in [3.8, 4) is 6.19 Å². The molecule has 4 rings (SSSR count). The maximum Gasteiger partial charge on any atom is 0.416 e. The van der Waals surface area contributed by atoms with E-state index in [0.29, 0.717) is 17.1 Å². The van der Waals surface area contributed by atoms with Crippen LogP contribution >= 0.6 is 11.3 Å². The highest BCUT2D eigenvalue weighted by molar-refractivity contribution is 7.12. The number of carbonyl (C=O) groups excluding carboxylic acids is 1. The van der Waals surface area contributed by atoms with Crippen LogP contribution in [0.3, 0.4) is 0 Å². The zero-order valence-electron chi connectivity index (χ0n) is 19.3. The Morgan fingerprint density at radius 1 is 1.11 bits per heavy atom. The van der Waals surface area contributed by atoms with Gasteiger partial charge < -0.3 is 16.0 Å². The molecule has 0 fully saturated rings. The van der Waals surface area contributed by atoms with Crippen molar-refractivity contribution in [1.82, 2.24) is 10.3 Å². The number of rotatable bonds is 6. The van der Waals surface area contributed by atoms with Gasteiger partial charge in [-0.25, -0.2) is 0 Å². The molecule has 188 valence electrons. The Morgan fingerprint density at radius 3 is 2.59 bits per heavy atom. The largest absolute Gasteiger partial charge is 0.416 e. The Balaban J connectivity index is 1.55. The molecule has 0 unspecified atom stereocenters. The fraction of sp³-hybridized carbons (Fsp3) is 0.120. The Hall–Kier alpha value is -4.63. The number of aromatic nitrogens is 1. The molecule has 0 spiro atoms. The molecule has 37 heavy (non-hydrogen) atoms. The fourth-order valence-corrected chi connectivity index (χ4v) is 4.35. The number of carbonyl (C=O) groups is 1. The van der Waals surface area contributed by atoms with Crippen molar-refractivity contribution in [1.29, 1.82) is 5.26 Å². The van der Waals surface area contributed by atoms with E-state index in [2.05, 4.69) is 31.2 Å². The highest BCUT2D eigenvalue weighted by atomic mass is 32.1. The summed E-state index contributed by atoms with van der Waals surface area (Å²) >= 11 is 1.16. The summed E-state index contributed by atoms with van der Waals surface area (Å²) in [5.41, 5.74) is 1.31. The van der Waals surface area contributed by atoms with E-state index >= 15 is 0 Å². The second-order valence-corrected chi connectivity index (χ2v) is 8.61. The van der Waals surface area contributed by atoms with Crippen molar-refractivity contribution in [2.75, 3.05) is 23.0 Å². The summed E-state index contributed by atoms with van der Waals surface area (Å²) in [6, 6.07) is 14.3. The lowest BCUT2D eigenvalue weighted by atomic mass is 10.1. The van der Waals surface area contributed by atoms with Crippen molar-refractivity contribution in [2.45, 2.75) is 12.7 Å². The summed E-state index contributed by atoms with van der Waals surface area (Å²) in [5, 5.41) is 22.1. The molecule has 0 bridgehead atoms. The lowest BCUT2D eigenvalue weighted by Gasteiger charge is -2.15. The molecule has 2 aromatic heterocycles. The van der Waals surface area contributed by atoms with Gasteiger partial charge in [0.2, 0.25) is 5.96 Å². The number of amides is 1. The fourth-order valence-electron chi connectivity index (χ4n) is 3.58. The number of aliphatic imine (C=N–C) groups is 1. The van der Waals surface area contributed by atoms with E-state index in [0.717, 1.165) is 39.9 Å². The molecule has 0 aliphatic heterocycles. The molecule has 0 saturated carbocycles. The Morgan fingerprint density at radius 2 is 1.86 bits per heavy atom. The third-order valence-corrected chi connectivity index (χ3v) is 6.17. The summed E-state index contributed by atoms with van der Waals surface area (Å²) in [5.74, 6) is -0.616. The number of para-hydroxylation sites is 1. The maximum atomic E-state index is 13.5. The lowest BCUT2D eigenvalue weighted by Crippen LogP contribution is -2.26. The zero-order chi connectivity index (χ0) is 26.4. The average Bonchev–Trinajstić information content (AvgIpc) is 3.35. The molecule has 0 atom stereocenters. The van der Waals surface area contributed by atoms with Gasteiger partial charge in [0.05, 0.1) is 16.8 Å². The number of alkyl halides is 3. The second kappa shape index (κ2) is 11.0. The minimum absolute atomic E-state index is 0.0115. The first-order chi connectivity index (χ1) is 17.8. The van der Waals surface area contributed by atoms with Crippen LogP contribution in [0.2, 0.25) is 0 Å². The van der Waals surface area contributed by atoms with Crippen LogP contribution in [-0.4, -0.2) is 23.9 Å². The van der Waals surface area contributed by atoms with E-state index in [1.165, 1.54) is 13.1 Å². The SMILES string of the molecule is CN=C(NC#N)Nc1cc(NC(=O)c2sccc2NCc2ccnc3ccccc23)cc(C(F)(F)F)c1. The van der Waals surface area contributed by atoms with Gasteiger partial charge in [-0.3, -0.25) is 20.1 Å². The normalized spacial score (nSPS) is 11.6. The molecule has 2 aromatic carbocycles. The third-order valence-electron chi connectivity index (χ3n) is 5.26. The molecule has 12 heteroatoms. The molecule has 4 N–H and O–H groups in total. The lowest BCUT2D eigenvalue weighted by molar-refractivity contribution is -0.137. The Bertz CT molecular complexity index is 1500. The average molecular weight is 524 g/mol. The van der Waals surface area contributed by atoms with E-state index in [1.54, 1.807) is 23.8 Å². The molecular weight excluding hydrogens is 503 g/mol. The van der Waals surface area contributed by atoms with Crippen LogP contribution in [0.4, 0.5) is 30.2 Å². The van der Waals surface area contributed by atoms with Gasteiger partial charge in [0.1, 0.15) is 4.88 Å². The Kier molecular flexibility index (Phi) is 7.55. The van der Waals surface area contributed by atoms with Gasteiger partial charge in [-0.05, 0) is 47.3 Å².